The van der Waals surface area contributed by atoms with Crippen LogP contribution in [-0.2, 0) is 0 Å². The van der Waals surface area contributed by atoms with Gasteiger partial charge in [-0.25, -0.2) is 4.39 Å². The van der Waals surface area contributed by atoms with E-state index in [0.717, 1.165) is 17.1 Å². The lowest BCUT2D eigenvalue weighted by Gasteiger charge is -2.14. The van der Waals surface area contributed by atoms with Gasteiger partial charge >= 0.3 is 0 Å². The van der Waals surface area contributed by atoms with Gasteiger partial charge in [0.2, 0.25) is 0 Å². The standard InChI is InChI=1S/C14H14ClFN2/c1-18(2)12-5-3-4-10(8-12)17-11-6-7-14(16)13(15)9-11/h3-9,17H,1-2H3. The first-order valence-electron chi connectivity index (χ1n) is 5.56. The summed E-state index contributed by atoms with van der Waals surface area (Å²) in [6.45, 7) is 0. The largest absolute Gasteiger partial charge is 0.378 e. The zero-order valence-corrected chi connectivity index (χ0v) is 11.0. The average Bonchev–Trinajstić information content (AvgIpc) is 2.34. The van der Waals surface area contributed by atoms with Gasteiger partial charge in [0.25, 0.3) is 0 Å². The Balaban J connectivity index is 2.23. The number of nitrogens with one attached hydrogen (secondary N) is 1. The molecule has 0 aliphatic carbocycles. The summed E-state index contributed by atoms with van der Waals surface area (Å²) in [5.41, 5.74) is 2.79. The van der Waals surface area contributed by atoms with E-state index in [-0.39, 0.29) is 5.02 Å². The maximum Gasteiger partial charge on any atom is 0.141 e. The Bertz CT molecular complexity index is 555. The van der Waals surface area contributed by atoms with Crippen molar-refractivity contribution < 1.29 is 4.39 Å². The predicted octanol–water partition coefficient (Wildman–Crippen LogP) is 4.29. The molecule has 0 unspecified atom stereocenters. The van der Waals surface area contributed by atoms with Gasteiger partial charge in [-0.05, 0) is 36.4 Å². The van der Waals surface area contributed by atoms with Crippen LogP contribution in [0, 0.1) is 5.82 Å². The lowest BCUT2D eigenvalue weighted by molar-refractivity contribution is 0.628. The van der Waals surface area contributed by atoms with Gasteiger partial charge in [0.1, 0.15) is 5.82 Å². The number of rotatable bonds is 3. The van der Waals surface area contributed by atoms with Crippen LogP contribution in [0.4, 0.5) is 21.5 Å². The maximum atomic E-state index is 13.0. The molecule has 2 aromatic carbocycles. The lowest BCUT2D eigenvalue weighted by Crippen LogP contribution is -2.08. The minimum atomic E-state index is -0.413. The summed E-state index contributed by atoms with van der Waals surface area (Å²) in [7, 11) is 3.96. The molecule has 0 radical (unpaired) electrons. The molecule has 0 atom stereocenters. The van der Waals surface area contributed by atoms with Gasteiger partial charge in [-0.15, -0.1) is 0 Å². The highest BCUT2D eigenvalue weighted by Crippen LogP contribution is 2.24. The van der Waals surface area contributed by atoms with Gasteiger partial charge in [0.15, 0.2) is 0 Å². The molecule has 0 heterocycles. The molecule has 0 bridgehead atoms. The summed E-state index contributed by atoms with van der Waals surface area (Å²) in [5, 5.41) is 3.30. The van der Waals surface area contributed by atoms with Crippen LogP contribution in [0.25, 0.3) is 0 Å². The van der Waals surface area contributed by atoms with Gasteiger partial charge in [-0.3, -0.25) is 0 Å². The molecule has 2 nitrogen and oxygen atoms in total. The Morgan fingerprint density at radius 3 is 2.44 bits per heavy atom. The van der Waals surface area contributed by atoms with Gasteiger partial charge < -0.3 is 10.2 Å². The topological polar surface area (TPSA) is 15.3 Å². The molecule has 0 aromatic heterocycles. The Labute approximate surface area is 111 Å². The zero-order chi connectivity index (χ0) is 13.1. The van der Waals surface area contributed by atoms with Crippen molar-refractivity contribution in [1.82, 2.24) is 0 Å². The second-order valence-corrected chi connectivity index (χ2v) is 4.61. The van der Waals surface area contributed by atoms with E-state index in [2.05, 4.69) is 5.32 Å². The van der Waals surface area contributed by atoms with E-state index in [4.69, 9.17) is 11.6 Å². The van der Waals surface area contributed by atoms with Crippen LogP contribution in [0.3, 0.4) is 0 Å². The fourth-order valence-corrected chi connectivity index (χ4v) is 1.78. The molecular weight excluding hydrogens is 251 g/mol. The van der Waals surface area contributed by atoms with Crippen LogP contribution < -0.4 is 10.2 Å². The summed E-state index contributed by atoms with van der Waals surface area (Å²) in [4.78, 5) is 2.02. The van der Waals surface area contributed by atoms with Crippen LogP contribution in [0.2, 0.25) is 5.02 Å². The first-order chi connectivity index (χ1) is 8.56. The molecule has 0 saturated carbocycles. The molecular formula is C14H14ClFN2. The van der Waals surface area contributed by atoms with Crippen LogP contribution in [0.1, 0.15) is 0 Å². The van der Waals surface area contributed by atoms with E-state index in [1.54, 1.807) is 12.1 Å². The van der Waals surface area contributed by atoms with E-state index in [1.165, 1.54) is 6.07 Å². The lowest BCUT2D eigenvalue weighted by atomic mass is 10.2. The fourth-order valence-electron chi connectivity index (χ4n) is 1.60. The quantitative estimate of drug-likeness (QED) is 0.890. The average molecular weight is 265 g/mol. The number of nitrogens with zero attached hydrogens (tertiary/aromatic N) is 1. The van der Waals surface area contributed by atoms with Crippen molar-refractivity contribution in [3.8, 4) is 0 Å². The molecule has 94 valence electrons. The molecule has 0 spiro atoms. The smallest absolute Gasteiger partial charge is 0.141 e. The van der Waals surface area contributed by atoms with Gasteiger partial charge in [0.05, 0.1) is 5.02 Å². The Morgan fingerprint density at radius 2 is 1.78 bits per heavy atom. The molecule has 0 saturated heterocycles. The molecule has 0 aliphatic heterocycles. The highest BCUT2D eigenvalue weighted by atomic mass is 35.5. The molecule has 0 fully saturated rings. The van der Waals surface area contributed by atoms with E-state index < -0.39 is 5.82 Å². The van der Waals surface area contributed by atoms with E-state index >= 15 is 0 Å². The van der Waals surface area contributed by atoms with E-state index in [9.17, 15) is 4.39 Å². The van der Waals surface area contributed by atoms with E-state index in [1.807, 2.05) is 43.3 Å². The molecule has 2 aromatic rings. The van der Waals surface area contributed by atoms with Crippen molar-refractivity contribution in [2.24, 2.45) is 0 Å². The van der Waals surface area contributed by atoms with Crippen molar-refractivity contribution in [1.29, 1.82) is 0 Å². The third-order valence-corrected chi connectivity index (χ3v) is 2.86. The molecule has 0 aliphatic rings. The Hall–Kier alpha value is -1.74. The number of benzene rings is 2. The summed E-state index contributed by atoms with van der Waals surface area (Å²) < 4.78 is 13.0. The first-order valence-corrected chi connectivity index (χ1v) is 5.93. The van der Waals surface area contributed by atoms with Gasteiger partial charge in [0, 0.05) is 31.2 Å². The van der Waals surface area contributed by atoms with Crippen LogP contribution in [-0.4, -0.2) is 14.1 Å². The van der Waals surface area contributed by atoms with Crippen molar-refractivity contribution >= 4 is 28.7 Å². The summed E-state index contributed by atoms with van der Waals surface area (Å²) in [5.74, 6) is -0.413. The normalized spacial score (nSPS) is 10.2. The maximum absolute atomic E-state index is 13.0. The number of hydrogen-bond acceptors (Lipinski definition) is 2. The fraction of sp³-hybridized carbons (Fsp3) is 0.143. The van der Waals surface area contributed by atoms with Crippen LogP contribution in [0.15, 0.2) is 42.5 Å². The number of anilines is 3. The van der Waals surface area contributed by atoms with Gasteiger partial charge in [-0.2, -0.15) is 0 Å². The van der Waals surface area contributed by atoms with Crippen LogP contribution in [0.5, 0.6) is 0 Å². The monoisotopic (exact) mass is 264 g/mol. The number of halogens is 2. The second-order valence-electron chi connectivity index (χ2n) is 4.20. The predicted molar refractivity (Wildman–Crippen MR) is 75.5 cm³/mol. The highest BCUT2D eigenvalue weighted by molar-refractivity contribution is 6.31. The first kappa shape index (κ1) is 12.7. The number of hydrogen-bond donors (Lipinski definition) is 1. The summed E-state index contributed by atoms with van der Waals surface area (Å²) in [6.07, 6.45) is 0. The summed E-state index contributed by atoms with van der Waals surface area (Å²) >= 11 is 5.74. The third-order valence-electron chi connectivity index (χ3n) is 2.57. The molecule has 0 amide bonds. The van der Waals surface area contributed by atoms with Crippen molar-refractivity contribution in [2.45, 2.75) is 0 Å². The van der Waals surface area contributed by atoms with E-state index in [0.29, 0.717) is 0 Å². The third kappa shape index (κ3) is 2.93. The van der Waals surface area contributed by atoms with Crippen molar-refractivity contribution in [2.75, 3.05) is 24.3 Å². The minimum absolute atomic E-state index is 0.115. The SMILES string of the molecule is CN(C)c1cccc(Nc2ccc(F)c(Cl)c2)c1. The minimum Gasteiger partial charge on any atom is -0.378 e. The molecule has 4 heteroatoms. The molecule has 2 rings (SSSR count). The van der Waals surface area contributed by atoms with Crippen LogP contribution >= 0.6 is 11.6 Å². The Kier molecular flexibility index (Phi) is 3.72. The highest BCUT2D eigenvalue weighted by Gasteiger charge is 2.02. The van der Waals surface area contributed by atoms with Gasteiger partial charge in [-0.1, -0.05) is 17.7 Å². The van der Waals surface area contributed by atoms with Crippen molar-refractivity contribution in [3.63, 3.8) is 0 Å². The zero-order valence-electron chi connectivity index (χ0n) is 10.2. The Morgan fingerprint density at radius 1 is 1.06 bits per heavy atom. The molecule has 18 heavy (non-hydrogen) atoms. The second kappa shape index (κ2) is 5.27. The summed E-state index contributed by atoms with van der Waals surface area (Å²) in [6, 6.07) is 12.5. The molecule has 1 N–H and O–H groups in total. The van der Waals surface area contributed by atoms with Crippen molar-refractivity contribution in [3.05, 3.63) is 53.3 Å².